The van der Waals surface area contributed by atoms with Crippen molar-refractivity contribution in [2.75, 3.05) is 39.3 Å². The van der Waals surface area contributed by atoms with Gasteiger partial charge in [-0.3, -0.25) is 0 Å². The Morgan fingerprint density at radius 1 is 0.431 bits per heavy atom. The van der Waals surface area contributed by atoms with Gasteiger partial charge in [0.05, 0.1) is 25.5 Å². The standard InChI is InChI=1S/C54H100N4/c55-45-35-29-23-17-11-5-1-3-7-13-19-25-31-37-47-57-49-39-43-53(51-57)41-33-27-21-15-9-10-16-22-28-34-42-54-44-40-50-58(52-54)48-38-32-26-20-14-8-4-2-6-12-18-24-30-36-46-56/h1,5,39-40,43-44,50-51H,2-4,6-38,41-42,45-49,52,55-56H2/p+2. The maximum Gasteiger partial charge on any atom is 0.103 e. The first-order valence-corrected chi connectivity index (χ1v) is 26.3. The lowest BCUT2D eigenvalue weighted by Crippen LogP contribution is -3.08. The van der Waals surface area contributed by atoms with E-state index in [-0.39, 0.29) is 0 Å². The van der Waals surface area contributed by atoms with Crippen molar-refractivity contribution in [3.05, 3.63) is 60.0 Å². The van der Waals surface area contributed by atoms with Gasteiger partial charge < -0.3 is 21.3 Å². The van der Waals surface area contributed by atoms with E-state index in [0.29, 0.717) is 0 Å². The molecule has 0 aromatic heterocycles. The second-order valence-corrected chi connectivity index (χ2v) is 18.6. The van der Waals surface area contributed by atoms with E-state index in [1.807, 2.05) is 0 Å². The fourth-order valence-corrected chi connectivity index (χ4v) is 9.16. The summed E-state index contributed by atoms with van der Waals surface area (Å²) in [6, 6.07) is 0. The molecule has 58 heavy (non-hydrogen) atoms. The third-order valence-corrected chi connectivity index (χ3v) is 13.0. The number of rotatable bonds is 44. The number of nitrogens with two attached hydrogens (primary N) is 2. The molecule has 0 amide bonds. The molecule has 0 aromatic carbocycles. The van der Waals surface area contributed by atoms with Crippen molar-refractivity contribution in [2.24, 2.45) is 11.5 Å². The third-order valence-electron chi connectivity index (χ3n) is 13.0. The minimum Gasteiger partial charge on any atom is -0.330 e. The van der Waals surface area contributed by atoms with Crippen LogP contribution in [0.15, 0.2) is 60.0 Å². The summed E-state index contributed by atoms with van der Waals surface area (Å²) in [6.07, 6.45) is 72.1. The van der Waals surface area contributed by atoms with E-state index in [1.54, 1.807) is 20.9 Å². The summed E-state index contributed by atoms with van der Waals surface area (Å²) >= 11 is 0. The molecule has 0 saturated carbocycles. The maximum atomic E-state index is 5.58. The van der Waals surface area contributed by atoms with Crippen molar-refractivity contribution in [1.82, 2.24) is 0 Å². The van der Waals surface area contributed by atoms with Crippen LogP contribution in [0.25, 0.3) is 0 Å². The molecule has 0 spiro atoms. The van der Waals surface area contributed by atoms with Gasteiger partial charge in [0.1, 0.15) is 13.1 Å². The Morgan fingerprint density at radius 2 is 0.828 bits per heavy atom. The fraction of sp³-hybridized carbons (Fsp3) is 0.815. The Kier molecular flexibility index (Phi) is 38.4. The topological polar surface area (TPSA) is 60.9 Å². The number of allylic oxidation sites excluding steroid dienone is 6. The summed E-state index contributed by atoms with van der Waals surface area (Å²) in [4.78, 5) is 3.38. The average Bonchev–Trinajstić information content (AvgIpc) is 3.24. The number of hydrogen-bond donors (Lipinski definition) is 4. The summed E-state index contributed by atoms with van der Waals surface area (Å²) in [7, 11) is 0. The molecular formula is C54H102N4+2. The van der Waals surface area contributed by atoms with Gasteiger partial charge in [-0.2, -0.15) is 0 Å². The Bertz CT molecular complexity index is 1020. The summed E-state index contributed by atoms with van der Waals surface area (Å²) < 4.78 is 0. The van der Waals surface area contributed by atoms with Crippen molar-refractivity contribution in [1.29, 1.82) is 0 Å². The molecule has 4 heteroatoms. The second-order valence-electron chi connectivity index (χ2n) is 18.6. The fourth-order valence-electron chi connectivity index (χ4n) is 9.16. The lowest BCUT2D eigenvalue weighted by molar-refractivity contribution is -0.842. The number of hydrogen-bond acceptors (Lipinski definition) is 2. The van der Waals surface area contributed by atoms with Crippen LogP contribution in [0.3, 0.4) is 0 Å². The van der Waals surface area contributed by atoms with Crippen LogP contribution in [0.1, 0.15) is 244 Å². The van der Waals surface area contributed by atoms with Gasteiger partial charge in [0.25, 0.3) is 0 Å². The van der Waals surface area contributed by atoms with Crippen LogP contribution in [0, 0.1) is 0 Å². The van der Waals surface area contributed by atoms with Crippen LogP contribution in [0.5, 0.6) is 0 Å². The second kappa shape index (κ2) is 42.2. The van der Waals surface area contributed by atoms with E-state index >= 15 is 0 Å². The van der Waals surface area contributed by atoms with Crippen molar-refractivity contribution in [2.45, 2.75) is 244 Å². The minimum atomic E-state index is 0.849. The molecule has 6 N–H and O–H groups in total. The Balaban J connectivity index is 1.30. The Hall–Kier alpha value is -1.46. The highest BCUT2D eigenvalue weighted by atomic mass is 15.1. The number of unbranched alkanes of at least 4 members (excludes halogenated alkanes) is 32. The number of quaternary nitrogens is 2. The number of nitrogens with one attached hydrogen (secondary N) is 2. The van der Waals surface area contributed by atoms with Gasteiger partial charge in [-0.05, 0) is 121 Å². The molecule has 2 heterocycles. The lowest BCUT2D eigenvalue weighted by atomic mass is 10.0. The summed E-state index contributed by atoms with van der Waals surface area (Å²) in [5.41, 5.74) is 14.4. The van der Waals surface area contributed by atoms with Crippen LogP contribution in [-0.4, -0.2) is 39.3 Å². The van der Waals surface area contributed by atoms with Crippen molar-refractivity contribution in [3.63, 3.8) is 0 Å². The monoisotopic (exact) mass is 807 g/mol. The first-order valence-electron chi connectivity index (χ1n) is 26.3. The van der Waals surface area contributed by atoms with Gasteiger partial charge in [0.2, 0.25) is 0 Å². The molecule has 0 radical (unpaired) electrons. The molecule has 0 aromatic rings. The van der Waals surface area contributed by atoms with E-state index in [4.69, 9.17) is 11.5 Å². The molecule has 0 saturated heterocycles. The van der Waals surface area contributed by atoms with Crippen LogP contribution in [-0.2, 0) is 0 Å². The highest BCUT2D eigenvalue weighted by molar-refractivity contribution is 5.18. The van der Waals surface area contributed by atoms with Crippen molar-refractivity contribution < 1.29 is 9.80 Å². The zero-order valence-corrected chi connectivity index (χ0v) is 38.9. The Labute approximate surface area is 363 Å². The highest BCUT2D eigenvalue weighted by Crippen LogP contribution is 2.17. The molecule has 2 aliphatic rings. The average molecular weight is 807 g/mol. The molecule has 0 bridgehead atoms. The molecule has 2 rings (SSSR count). The maximum absolute atomic E-state index is 5.58. The summed E-state index contributed by atoms with van der Waals surface area (Å²) in [5, 5.41) is 0. The van der Waals surface area contributed by atoms with E-state index < -0.39 is 0 Å². The minimum absolute atomic E-state index is 0.849. The third kappa shape index (κ3) is 34.3. The summed E-state index contributed by atoms with van der Waals surface area (Å²) in [5.74, 6) is 0. The van der Waals surface area contributed by atoms with Crippen LogP contribution < -0.4 is 21.3 Å². The predicted octanol–water partition coefficient (Wildman–Crippen LogP) is 13.0. The lowest BCUT2D eigenvalue weighted by Gasteiger charge is -2.19. The predicted molar refractivity (Wildman–Crippen MR) is 259 cm³/mol. The van der Waals surface area contributed by atoms with Gasteiger partial charge in [-0.15, -0.1) is 0 Å². The van der Waals surface area contributed by atoms with E-state index in [2.05, 4.69) is 48.9 Å². The van der Waals surface area contributed by atoms with E-state index in [0.717, 1.165) is 13.1 Å². The van der Waals surface area contributed by atoms with Crippen molar-refractivity contribution >= 4 is 0 Å². The first-order chi connectivity index (χ1) is 28.8. The van der Waals surface area contributed by atoms with Gasteiger partial charge in [-0.1, -0.05) is 178 Å². The largest absolute Gasteiger partial charge is 0.330 e. The molecular weight excluding hydrogens is 705 g/mol. The van der Waals surface area contributed by atoms with Crippen LogP contribution in [0.2, 0.25) is 0 Å². The zero-order valence-electron chi connectivity index (χ0n) is 38.9. The summed E-state index contributed by atoms with van der Waals surface area (Å²) in [6.45, 7) is 6.80. The quantitative estimate of drug-likeness (QED) is 0.0366. The molecule has 336 valence electrons. The van der Waals surface area contributed by atoms with Gasteiger partial charge in [0, 0.05) is 5.57 Å². The van der Waals surface area contributed by atoms with Gasteiger partial charge in [0.15, 0.2) is 0 Å². The Morgan fingerprint density at radius 3 is 1.31 bits per heavy atom. The zero-order chi connectivity index (χ0) is 41.1. The SMILES string of the molecule is NCCCCCCC=CCCCCCCCC[NH+]1C=C(CCCCCCCCCCCCC2=CC=C[NH+](CCCCCCCCCCCCCCCCN)C2)C=CC1. The first kappa shape index (κ1) is 52.7. The molecule has 2 aliphatic heterocycles. The smallest absolute Gasteiger partial charge is 0.103 e. The van der Waals surface area contributed by atoms with Crippen LogP contribution >= 0.6 is 0 Å². The highest BCUT2D eigenvalue weighted by Gasteiger charge is 2.12. The van der Waals surface area contributed by atoms with Gasteiger partial charge in [-0.25, -0.2) is 0 Å². The van der Waals surface area contributed by atoms with E-state index in [9.17, 15) is 0 Å². The molecule has 0 aliphatic carbocycles. The molecule has 2 atom stereocenters. The molecule has 2 unspecified atom stereocenters. The van der Waals surface area contributed by atoms with E-state index in [1.165, 1.54) is 270 Å². The van der Waals surface area contributed by atoms with Gasteiger partial charge >= 0.3 is 0 Å². The molecule has 0 fully saturated rings. The van der Waals surface area contributed by atoms with Crippen LogP contribution in [0.4, 0.5) is 0 Å². The molecule has 4 nitrogen and oxygen atoms in total. The van der Waals surface area contributed by atoms with Crippen molar-refractivity contribution in [3.8, 4) is 0 Å². The normalized spacial score (nSPS) is 16.8.